The third-order valence-corrected chi connectivity index (χ3v) is 6.75. The molecule has 0 aliphatic carbocycles. The Kier molecular flexibility index (Phi) is 5.40. The molecular weight excluding hydrogens is 370 g/mol. The van der Waals surface area contributed by atoms with Gasteiger partial charge in [0.15, 0.2) is 0 Å². The van der Waals surface area contributed by atoms with Crippen LogP contribution in [-0.2, 0) is 0 Å². The van der Waals surface area contributed by atoms with Gasteiger partial charge < -0.3 is 14.7 Å². The van der Waals surface area contributed by atoms with Crippen molar-refractivity contribution in [1.82, 2.24) is 19.8 Å². The SMILES string of the molecule is CN(C)[C@H]1CCN(C[C@@H]2CCN(c3nccc(-c4ccc5ccccc5c4)n3)C2)C1. The molecule has 0 amide bonds. The summed E-state index contributed by atoms with van der Waals surface area (Å²) in [6, 6.07) is 17.8. The lowest BCUT2D eigenvalue weighted by molar-refractivity contribution is 0.247. The number of likely N-dealkylation sites (tertiary alicyclic amines) is 1. The minimum atomic E-state index is 0.707. The maximum absolute atomic E-state index is 4.93. The Morgan fingerprint density at radius 2 is 1.83 bits per heavy atom. The minimum Gasteiger partial charge on any atom is -0.340 e. The van der Waals surface area contributed by atoms with Crippen molar-refractivity contribution in [3.05, 3.63) is 54.7 Å². The van der Waals surface area contributed by atoms with Crippen molar-refractivity contribution < 1.29 is 0 Å². The molecule has 0 spiro atoms. The smallest absolute Gasteiger partial charge is 0.225 e. The highest BCUT2D eigenvalue weighted by molar-refractivity contribution is 5.86. The Hall–Kier alpha value is -2.50. The number of hydrogen-bond acceptors (Lipinski definition) is 5. The molecule has 0 radical (unpaired) electrons. The van der Waals surface area contributed by atoms with Gasteiger partial charge in [0.05, 0.1) is 5.69 Å². The van der Waals surface area contributed by atoms with Crippen molar-refractivity contribution in [3.8, 4) is 11.3 Å². The van der Waals surface area contributed by atoms with Crippen molar-refractivity contribution >= 4 is 16.7 Å². The van der Waals surface area contributed by atoms with Gasteiger partial charge in [-0.2, -0.15) is 0 Å². The lowest BCUT2D eigenvalue weighted by atomic mass is 10.1. The molecular formula is C25H31N5. The van der Waals surface area contributed by atoms with E-state index in [1.165, 1.54) is 43.2 Å². The molecule has 2 aliphatic heterocycles. The highest BCUT2D eigenvalue weighted by Crippen LogP contribution is 2.27. The number of aromatic nitrogens is 2. The Labute approximate surface area is 179 Å². The molecule has 5 rings (SSSR count). The highest BCUT2D eigenvalue weighted by Gasteiger charge is 2.30. The summed E-state index contributed by atoms with van der Waals surface area (Å²) in [6.07, 6.45) is 4.43. The van der Waals surface area contributed by atoms with Gasteiger partial charge in [0, 0.05) is 44.0 Å². The summed E-state index contributed by atoms with van der Waals surface area (Å²) in [5.74, 6) is 1.58. The van der Waals surface area contributed by atoms with E-state index >= 15 is 0 Å². The van der Waals surface area contributed by atoms with Gasteiger partial charge in [0.2, 0.25) is 5.95 Å². The summed E-state index contributed by atoms with van der Waals surface area (Å²) >= 11 is 0. The van der Waals surface area contributed by atoms with E-state index in [0.29, 0.717) is 12.0 Å². The van der Waals surface area contributed by atoms with E-state index in [1.807, 2.05) is 12.3 Å². The molecule has 5 nitrogen and oxygen atoms in total. The van der Waals surface area contributed by atoms with Crippen LogP contribution >= 0.6 is 0 Å². The van der Waals surface area contributed by atoms with Crippen LogP contribution in [-0.4, -0.2) is 72.6 Å². The molecule has 2 saturated heterocycles. The number of anilines is 1. The Bertz CT molecular complexity index is 1020. The molecule has 0 N–H and O–H groups in total. The molecule has 0 saturated carbocycles. The first-order valence-electron chi connectivity index (χ1n) is 11.1. The highest BCUT2D eigenvalue weighted by atomic mass is 15.3. The van der Waals surface area contributed by atoms with Crippen LogP contribution in [0.4, 0.5) is 5.95 Å². The second kappa shape index (κ2) is 8.32. The van der Waals surface area contributed by atoms with E-state index in [4.69, 9.17) is 4.98 Å². The molecule has 0 unspecified atom stereocenters. The first-order chi connectivity index (χ1) is 14.7. The van der Waals surface area contributed by atoms with Gasteiger partial charge in [-0.05, 0) is 62.3 Å². The van der Waals surface area contributed by atoms with Gasteiger partial charge in [0.1, 0.15) is 0 Å². The first kappa shape index (κ1) is 19.5. The number of rotatable bonds is 5. The van der Waals surface area contributed by atoms with E-state index < -0.39 is 0 Å². The Morgan fingerprint density at radius 3 is 2.67 bits per heavy atom. The van der Waals surface area contributed by atoms with Crippen LogP contribution in [0.1, 0.15) is 12.8 Å². The van der Waals surface area contributed by atoms with Crippen molar-refractivity contribution in [1.29, 1.82) is 0 Å². The number of fused-ring (bicyclic) bond motifs is 1. The summed E-state index contributed by atoms with van der Waals surface area (Å²) < 4.78 is 0. The molecule has 2 aliphatic rings. The molecule has 3 heterocycles. The van der Waals surface area contributed by atoms with E-state index in [-0.39, 0.29) is 0 Å². The third kappa shape index (κ3) is 4.05. The zero-order valence-electron chi connectivity index (χ0n) is 18.0. The fourth-order valence-electron chi connectivity index (χ4n) is 4.94. The molecule has 2 atom stereocenters. The molecule has 5 heteroatoms. The van der Waals surface area contributed by atoms with Crippen molar-refractivity contribution in [2.75, 3.05) is 51.7 Å². The summed E-state index contributed by atoms with van der Waals surface area (Å²) in [4.78, 5) is 16.9. The standard InChI is InChI=1S/C25H31N5/c1-28(2)23-11-13-29(18-23)16-19-10-14-30(17-19)25-26-12-9-24(27-25)22-8-7-20-5-3-4-6-21(20)15-22/h3-9,12,15,19,23H,10-11,13-14,16-18H2,1-2H3/t19-,23-/m0/s1. The van der Waals surface area contributed by atoms with E-state index in [9.17, 15) is 0 Å². The maximum atomic E-state index is 4.93. The molecule has 156 valence electrons. The normalized spacial score (nSPS) is 22.4. The van der Waals surface area contributed by atoms with E-state index in [1.54, 1.807) is 0 Å². The summed E-state index contributed by atoms with van der Waals surface area (Å²) in [6.45, 7) is 5.75. The van der Waals surface area contributed by atoms with E-state index in [0.717, 1.165) is 30.3 Å². The second-order valence-electron chi connectivity index (χ2n) is 9.07. The van der Waals surface area contributed by atoms with Crippen LogP contribution < -0.4 is 4.90 Å². The fraction of sp³-hybridized carbons (Fsp3) is 0.440. The Balaban J connectivity index is 1.26. The number of hydrogen-bond donors (Lipinski definition) is 0. The maximum Gasteiger partial charge on any atom is 0.225 e. The van der Waals surface area contributed by atoms with Crippen LogP contribution in [0.5, 0.6) is 0 Å². The van der Waals surface area contributed by atoms with Crippen LogP contribution in [0.25, 0.3) is 22.0 Å². The van der Waals surface area contributed by atoms with Crippen molar-refractivity contribution in [3.63, 3.8) is 0 Å². The summed E-state index contributed by atoms with van der Waals surface area (Å²) in [5.41, 5.74) is 2.16. The molecule has 1 aromatic heterocycles. The zero-order chi connectivity index (χ0) is 20.5. The first-order valence-corrected chi connectivity index (χ1v) is 11.1. The fourth-order valence-corrected chi connectivity index (χ4v) is 4.94. The average Bonchev–Trinajstić information content (AvgIpc) is 3.44. The lowest BCUT2D eigenvalue weighted by Crippen LogP contribution is -2.34. The predicted octanol–water partition coefficient (Wildman–Crippen LogP) is 3.76. The van der Waals surface area contributed by atoms with Gasteiger partial charge in [-0.25, -0.2) is 9.97 Å². The van der Waals surface area contributed by atoms with Gasteiger partial charge >= 0.3 is 0 Å². The zero-order valence-corrected chi connectivity index (χ0v) is 18.0. The number of likely N-dealkylation sites (N-methyl/N-ethyl adjacent to an activating group) is 1. The predicted molar refractivity (Wildman–Crippen MR) is 124 cm³/mol. The van der Waals surface area contributed by atoms with Crippen LogP contribution in [0.2, 0.25) is 0 Å². The minimum absolute atomic E-state index is 0.707. The number of benzene rings is 2. The van der Waals surface area contributed by atoms with Gasteiger partial charge in [-0.3, -0.25) is 0 Å². The second-order valence-corrected chi connectivity index (χ2v) is 9.07. The van der Waals surface area contributed by atoms with Gasteiger partial charge in [0.25, 0.3) is 0 Å². The monoisotopic (exact) mass is 401 g/mol. The van der Waals surface area contributed by atoms with Crippen LogP contribution in [0, 0.1) is 5.92 Å². The summed E-state index contributed by atoms with van der Waals surface area (Å²) in [7, 11) is 4.40. The van der Waals surface area contributed by atoms with Gasteiger partial charge in [-0.15, -0.1) is 0 Å². The molecule has 0 bridgehead atoms. The molecule has 30 heavy (non-hydrogen) atoms. The molecule has 2 aromatic carbocycles. The van der Waals surface area contributed by atoms with Crippen molar-refractivity contribution in [2.45, 2.75) is 18.9 Å². The lowest BCUT2D eigenvalue weighted by Gasteiger charge is -2.23. The van der Waals surface area contributed by atoms with Gasteiger partial charge in [-0.1, -0.05) is 36.4 Å². The topological polar surface area (TPSA) is 35.5 Å². The van der Waals surface area contributed by atoms with E-state index in [2.05, 4.69) is 76.2 Å². The quantitative estimate of drug-likeness (QED) is 0.651. The Morgan fingerprint density at radius 1 is 0.967 bits per heavy atom. The molecule has 2 fully saturated rings. The molecule has 3 aromatic rings. The largest absolute Gasteiger partial charge is 0.340 e. The summed E-state index contributed by atoms with van der Waals surface area (Å²) in [5, 5.41) is 2.51. The van der Waals surface area contributed by atoms with Crippen LogP contribution in [0.3, 0.4) is 0 Å². The third-order valence-electron chi connectivity index (χ3n) is 6.75. The number of nitrogens with zero attached hydrogens (tertiary/aromatic N) is 5. The van der Waals surface area contributed by atoms with Crippen molar-refractivity contribution in [2.24, 2.45) is 5.92 Å². The van der Waals surface area contributed by atoms with Crippen LogP contribution in [0.15, 0.2) is 54.7 Å². The average molecular weight is 402 g/mol.